The molecule has 8 nitrogen and oxygen atoms in total. The molecule has 0 bridgehead atoms. The summed E-state index contributed by atoms with van der Waals surface area (Å²) in [5.74, 6) is 1.04. The summed E-state index contributed by atoms with van der Waals surface area (Å²) in [6.45, 7) is 7.99. The molecule has 5 atom stereocenters. The van der Waals surface area contributed by atoms with Gasteiger partial charge in [0.15, 0.2) is 0 Å². The van der Waals surface area contributed by atoms with Crippen LogP contribution in [-0.2, 0) is 17.7 Å². The lowest BCUT2D eigenvalue weighted by atomic mass is 9.95. The minimum absolute atomic E-state index is 0.0231. The van der Waals surface area contributed by atoms with E-state index >= 15 is 0 Å². The first-order valence-corrected chi connectivity index (χ1v) is 22.2. The van der Waals surface area contributed by atoms with Crippen LogP contribution in [-0.4, -0.2) is 60.0 Å². The molecule has 8 rings (SSSR count). The highest BCUT2D eigenvalue weighted by Gasteiger charge is 2.50. The van der Waals surface area contributed by atoms with Crippen molar-refractivity contribution in [2.24, 2.45) is 5.92 Å². The van der Waals surface area contributed by atoms with Crippen LogP contribution in [0.15, 0.2) is 121 Å². The van der Waals surface area contributed by atoms with Gasteiger partial charge in [0, 0.05) is 23.8 Å². The molecule has 1 unspecified atom stereocenters. The zero-order chi connectivity index (χ0) is 37.4. The highest BCUT2D eigenvalue weighted by atomic mass is 28.3. The molecule has 0 aliphatic carbocycles. The van der Waals surface area contributed by atoms with E-state index in [1.165, 1.54) is 10.8 Å². The van der Waals surface area contributed by atoms with E-state index in [-0.39, 0.29) is 30.6 Å². The maximum Gasteiger partial charge on any atom is 0.263 e. The second-order valence-electron chi connectivity index (χ2n) is 15.4. The molecular weight excluding hydrogens is 689 g/mol. The Hall–Kier alpha value is -5.09. The lowest BCUT2D eigenvalue weighted by Crippen LogP contribution is -2.50. The van der Waals surface area contributed by atoms with Crippen molar-refractivity contribution < 1.29 is 19.4 Å². The summed E-state index contributed by atoms with van der Waals surface area (Å²) in [5, 5.41) is 22.7. The Kier molecular flexibility index (Phi) is 9.96. The predicted octanol–water partition coefficient (Wildman–Crippen LogP) is 8.27. The number of rotatable bonds is 13. The highest BCUT2D eigenvalue weighted by Crippen LogP contribution is 2.47. The third-order valence-corrected chi connectivity index (χ3v) is 16.4. The zero-order valence-corrected chi connectivity index (χ0v) is 32.4. The summed E-state index contributed by atoms with van der Waals surface area (Å²) in [5.41, 5.74) is 6.01. The molecule has 276 valence electrons. The van der Waals surface area contributed by atoms with Crippen molar-refractivity contribution >= 4 is 41.3 Å². The van der Waals surface area contributed by atoms with E-state index < -0.39 is 8.07 Å². The second-order valence-corrected chi connectivity index (χ2v) is 20.1. The third kappa shape index (κ3) is 6.65. The molecule has 0 saturated carbocycles. The van der Waals surface area contributed by atoms with Gasteiger partial charge in [0.1, 0.15) is 5.75 Å². The normalized spacial score (nSPS) is 20.2. The van der Waals surface area contributed by atoms with Crippen LogP contribution in [0.5, 0.6) is 5.75 Å². The minimum atomic E-state index is -2.03. The number of aliphatic hydroxyl groups excluding tert-OH is 1. The lowest BCUT2D eigenvalue weighted by molar-refractivity contribution is 0.0250. The van der Waals surface area contributed by atoms with Gasteiger partial charge < -0.3 is 14.6 Å². The molecule has 2 aliphatic rings. The zero-order valence-electron chi connectivity index (χ0n) is 31.4. The summed E-state index contributed by atoms with van der Waals surface area (Å²) in [4.78, 5) is 15.4. The first-order chi connectivity index (χ1) is 26.3. The number of hydrogen-bond donors (Lipinski definition) is 1. The first kappa shape index (κ1) is 35.9. The van der Waals surface area contributed by atoms with E-state index in [1.54, 1.807) is 7.11 Å². The quantitative estimate of drug-likeness (QED) is 0.120. The largest absolute Gasteiger partial charge is 0.497 e. The maximum atomic E-state index is 13.5. The average Bonchev–Trinajstić information content (AvgIpc) is 3.89. The molecule has 1 fully saturated rings. The summed E-state index contributed by atoms with van der Waals surface area (Å²) in [6.07, 6.45) is 4.78. The Bertz CT molecular complexity index is 2230. The summed E-state index contributed by atoms with van der Waals surface area (Å²) in [7, 11) is -0.321. The molecule has 0 radical (unpaired) electrons. The van der Waals surface area contributed by atoms with Crippen LogP contribution in [0.25, 0.3) is 10.8 Å². The van der Waals surface area contributed by atoms with Crippen LogP contribution >= 0.6 is 0 Å². The number of aliphatic hydroxyl groups is 1. The van der Waals surface area contributed by atoms with Crippen LogP contribution in [0.3, 0.4) is 0 Å². The molecule has 3 heterocycles. The van der Waals surface area contributed by atoms with Gasteiger partial charge in [-0.15, -0.1) is 5.10 Å². The topological polar surface area (TPSA) is 89.7 Å². The molecule has 54 heavy (non-hydrogen) atoms. The molecule has 1 aromatic heterocycles. The van der Waals surface area contributed by atoms with Gasteiger partial charge in [0.2, 0.25) is 0 Å². The standard InChI is InChI=1S/C45H48N4O4Si/c1-30-41(25-18-31-16-19-34(20-17-31)49-40-15-9-13-33-12-8-14-37(43(33)40)45(49)51)53-42(44(30)54(3,4)36-23-21-35(52-2)22-24-36)26-27-48-28-39(46-47-48)38(29-50)32-10-6-5-7-11-32/h5-17,19-24,28,30,38,41-42,44,50H,18,25-27,29H2,1-4H3/t30-,38?,41+,42-,44+/m0/s1. The highest BCUT2D eigenvalue weighted by molar-refractivity contribution is 6.91. The van der Waals surface area contributed by atoms with E-state index in [1.807, 2.05) is 70.4 Å². The van der Waals surface area contributed by atoms with Crippen molar-refractivity contribution in [1.29, 1.82) is 0 Å². The van der Waals surface area contributed by atoms with Gasteiger partial charge in [-0.1, -0.05) is 109 Å². The molecule has 9 heteroatoms. The fourth-order valence-electron chi connectivity index (χ4n) is 9.11. The SMILES string of the molecule is COc1ccc([Si](C)(C)[C@@H]2[C@@H](C)[C@@H](CCc3ccc(N4C(=O)c5cccc6cccc4c56)cc3)O[C@H]2CCn2cc(C(CO)c3ccccc3)nn2)cc1. The molecule has 6 aromatic rings. The molecule has 1 amide bonds. The smallest absolute Gasteiger partial charge is 0.263 e. The molecular formula is C45H48N4O4Si. The van der Waals surface area contributed by atoms with Crippen LogP contribution in [0, 0.1) is 5.92 Å². The Morgan fingerprint density at radius 3 is 2.33 bits per heavy atom. The van der Waals surface area contributed by atoms with E-state index in [2.05, 4.69) is 91.0 Å². The van der Waals surface area contributed by atoms with Gasteiger partial charge >= 0.3 is 0 Å². The summed E-state index contributed by atoms with van der Waals surface area (Å²) < 4.78 is 14.5. The van der Waals surface area contributed by atoms with Gasteiger partial charge in [-0.05, 0) is 83.6 Å². The fourth-order valence-corrected chi connectivity index (χ4v) is 13.2. The molecule has 2 aliphatic heterocycles. The Morgan fingerprint density at radius 1 is 0.870 bits per heavy atom. The second kappa shape index (κ2) is 15.0. The lowest BCUT2D eigenvalue weighted by Gasteiger charge is -2.36. The number of carbonyl (C=O) groups excluding carboxylic acids is 1. The minimum Gasteiger partial charge on any atom is -0.497 e. The Balaban J connectivity index is 0.986. The van der Waals surface area contributed by atoms with Crippen molar-refractivity contribution in [1.82, 2.24) is 15.0 Å². The fraction of sp³-hybridized carbons (Fsp3) is 0.311. The molecule has 5 aromatic carbocycles. The van der Waals surface area contributed by atoms with Crippen molar-refractivity contribution in [2.45, 2.75) is 69.5 Å². The maximum absolute atomic E-state index is 13.5. The number of aryl methyl sites for hydroxylation is 2. The first-order valence-electron chi connectivity index (χ1n) is 19.1. The number of methoxy groups -OCH3 is 1. The molecule has 0 spiro atoms. The number of aromatic nitrogens is 3. The van der Waals surface area contributed by atoms with Gasteiger partial charge in [0.05, 0.1) is 56.9 Å². The van der Waals surface area contributed by atoms with Crippen LogP contribution in [0.1, 0.15) is 52.9 Å². The van der Waals surface area contributed by atoms with E-state index in [0.717, 1.165) is 64.0 Å². The number of hydrogen-bond acceptors (Lipinski definition) is 6. The predicted molar refractivity (Wildman–Crippen MR) is 217 cm³/mol. The Morgan fingerprint density at radius 2 is 1.61 bits per heavy atom. The van der Waals surface area contributed by atoms with Gasteiger partial charge in [-0.25, -0.2) is 0 Å². The van der Waals surface area contributed by atoms with Crippen molar-refractivity contribution in [2.75, 3.05) is 18.6 Å². The number of benzene rings is 5. The van der Waals surface area contributed by atoms with E-state index in [0.29, 0.717) is 18.0 Å². The van der Waals surface area contributed by atoms with Crippen molar-refractivity contribution in [3.63, 3.8) is 0 Å². The van der Waals surface area contributed by atoms with Crippen LogP contribution in [0.2, 0.25) is 18.6 Å². The van der Waals surface area contributed by atoms with Crippen molar-refractivity contribution in [3.05, 3.63) is 144 Å². The average molecular weight is 737 g/mol. The van der Waals surface area contributed by atoms with E-state index in [4.69, 9.17) is 9.47 Å². The van der Waals surface area contributed by atoms with Crippen LogP contribution in [0.4, 0.5) is 11.4 Å². The summed E-state index contributed by atoms with van der Waals surface area (Å²) >= 11 is 0. The van der Waals surface area contributed by atoms with Gasteiger partial charge in [-0.2, -0.15) is 0 Å². The Labute approximate surface area is 318 Å². The van der Waals surface area contributed by atoms with Crippen molar-refractivity contribution in [3.8, 4) is 5.75 Å². The molecule has 1 N–H and O–H groups in total. The number of nitrogens with zero attached hydrogens (tertiary/aromatic N) is 4. The summed E-state index contributed by atoms with van der Waals surface area (Å²) in [6, 6.07) is 39.2. The number of ether oxygens (including phenoxy) is 2. The van der Waals surface area contributed by atoms with E-state index in [9.17, 15) is 9.90 Å². The number of amides is 1. The molecule has 1 saturated heterocycles. The number of anilines is 2. The van der Waals surface area contributed by atoms with Crippen LogP contribution < -0.4 is 14.8 Å². The number of carbonyl (C=O) groups is 1. The third-order valence-electron chi connectivity index (χ3n) is 12.0. The van der Waals surface area contributed by atoms with Gasteiger partial charge in [-0.3, -0.25) is 14.4 Å². The monoisotopic (exact) mass is 736 g/mol. The van der Waals surface area contributed by atoms with Gasteiger partial charge in [0.25, 0.3) is 5.91 Å².